The summed E-state index contributed by atoms with van der Waals surface area (Å²) in [5.74, 6) is 0.146. The molecule has 0 aliphatic heterocycles. The van der Waals surface area contributed by atoms with Crippen LogP contribution in [-0.2, 0) is 28.4 Å². The maximum Gasteiger partial charge on any atom is 0.240 e. The third-order valence-corrected chi connectivity index (χ3v) is 7.20. The second-order valence-electron chi connectivity index (χ2n) is 8.04. The summed E-state index contributed by atoms with van der Waals surface area (Å²) in [6.45, 7) is 0.142. The van der Waals surface area contributed by atoms with Gasteiger partial charge in [-0.3, -0.25) is 4.79 Å². The molecule has 0 unspecified atom stereocenters. The number of fused-ring (bicyclic) bond motifs is 3. The van der Waals surface area contributed by atoms with Crippen molar-refractivity contribution in [3.05, 3.63) is 72.3 Å². The van der Waals surface area contributed by atoms with E-state index in [-0.39, 0.29) is 23.3 Å². The highest BCUT2D eigenvalue weighted by Crippen LogP contribution is 2.31. The van der Waals surface area contributed by atoms with E-state index in [1.165, 1.54) is 0 Å². The number of hydrogen-bond donors (Lipinski definition) is 2. The number of aryl methyl sites for hydroxylation is 1. The molecule has 2 N–H and O–H groups in total. The fraction of sp³-hybridized carbons (Fsp3) is 0.208. The van der Waals surface area contributed by atoms with Gasteiger partial charge in [-0.1, -0.05) is 30.3 Å². The number of carbonyl (C=O) groups excluding carboxylic acids is 1. The minimum atomic E-state index is -3.70. The summed E-state index contributed by atoms with van der Waals surface area (Å²) in [5, 5.41) is 4.83. The highest BCUT2D eigenvalue weighted by Gasteiger charge is 2.29. The fourth-order valence-electron chi connectivity index (χ4n) is 3.92. The molecule has 0 bridgehead atoms. The van der Waals surface area contributed by atoms with Crippen LogP contribution in [-0.4, -0.2) is 18.9 Å². The molecule has 0 atom stereocenters. The van der Waals surface area contributed by atoms with Gasteiger partial charge < -0.3 is 9.88 Å². The molecule has 1 saturated carbocycles. The summed E-state index contributed by atoms with van der Waals surface area (Å²) in [5.41, 5.74) is 3.51. The van der Waals surface area contributed by atoms with Crippen LogP contribution in [0.2, 0.25) is 0 Å². The average molecular weight is 434 g/mol. The lowest BCUT2D eigenvalue weighted by molar-refractivity contribution is -0.117. The number of hydrogen-bond acceptors (Lipinski definition) is 3. The van der Waals surface area contributed by atoms with Gasteiger partial charge in [0, 0.05) is 47.0 Å². The lowest BCUT2D eigenvalue weighted by atomic mass is 10.1. The number of carbonyl (C=O) groups is 1. The molecule has 7 heteroatoms. The first-order valence-corrected chi connectivity index (χ1v) is 11.8. The van der Waals surface area contributed by atoms with Gasteiger partial charge in [0.1, 0.15) is 0 Å². The second-order valence-corrected chi connectivity index (χ2v) is 9.81. The Hall–Kier alpha value is -3.16. The average Bonchev–Trinajstić information content (AvgIpc) is 3.59. The van der Waals surface area contributed by atoms with Crippen LogP contribution in [0.25, 0.3) is 21.8 Å². The van der Waals surface area contributed by atoms with E-state index < -0.39 is 10.0 Å². The zero-order valence-corrected chi connectivity index (χ0v) is 17.9. The monoisotopic (exact) mass is 433 g/mol. The zero-order chi connectivity index (χ0) is 21.6. The Labute approximate surface area is 180 Å². The van der Waals surface area contributed by atoms with Gasteiger partial charge in [0.25, 0.3) is 0 Å². The lowest BCUT2D eigenvalue weighted by Crippen LogP contribution is -2.23. The van der Waals surface area contributed by atoms with Gasteiger partial charge in [0.2, 0.25) is 15.9 Å². The van der Waals surface area contributed by atoms with E-state index in [1.807, 2.05) is 55.6 Å². The number of rotatable bonds is 6. The zero-order valence-electron chi connectivity index (χ0n) is 17.1. The molecule has 1 heterocycles. The van der Waals surface area contributed by atoms with Crippen molar-refractivity contribution in [3.8, 4) is 0 Å². The Morgan fingerprint density at radius 3 is 2.55 bits per heavy atom. The van der Waals surface area contributed by atoms with Crippen molar-refractivity contribution in [1.29, 1.82) is 0 Å². The van der Waals surface area contributed by atoms with Gasteiger partial charge in [-0.15, -0.1) is 0 Å². The van der Waals surface area contributed by atoms with Crippen LogP contribution in [0.1, 0.15) is 18.4 Å². The Morgan fingerprint density at radius 1 is 0.968 bits per heavy atom. The number of aromatic nitrogens is 1. The molecule has 1 fully saturated rings. The molecule has 1 aliphatic rings. The number of sulfonamides is 1. The Bertz CT molecular complexity index is 1420. The van der Waals surface area contributed by atoms with E-state index in [9.17, 15) is 13.2 Å². The van der Waals surface area contributed by atoms with Crippen molar-refractivity contribution in [2.75, 3.05) is 5.32 Å². The molecule has 5 rings (SSSR count). The minimum Gasteiger partial charge on any atom is -0.344 e. The van der Waals surface area contributed by atoms with E-state index in [1.54, 1.807) is 18.2 Å². The van der Waals surface area contributed by atoms with Crippen molar-refractivity contribution in [1.82, 2.24) is 9.29 Å². The second kappa shape index (κ2) is 7.51. The summed E-state index contributed by atoms with van der Waals surface area (Å²) >= 11 is 0. The number of benzene rings is 3. The highest BCUT2D eigenvalue weighted by molar-refractivity contribution is 7.89. The summed E-state index contributed by atoms with van der Waals surface area (Å²) in [4.78, 5) is 12.2. The first-order valence-electron chi connectivity index (χ1n) is 10.3. The van der Waals surface area contributed by atoms with Crippen molar-refractivity contribution in [3.63, 3.8) is 0 Å². The molecule has 3 aromatic carbocycles. The summed E-state index contributed by atoms with van der Waals surface area (Å²) in [7, 11) is -1.72. The van der Waals surface area contributed by atoms with E-state index in [0.717, 1.165) is 40.2 Å². The lowest BCUT2D eigenvalue weighted by Gasteiger charge is -2.10. The third-order valence-electron chi connectivity index (χ3n) is 5.80. The predicted octanol–water partition coefficient (Wildman–Crippen LogP) is 4.16. The van der Waals surface area contributed by atoms with Crippen LogP contribution >= 0.6 is 0 Å². The largest absolute Gasteiger partial charge is 0.344 e. The summed E-state index contributed by atoms with van der Waals surface area (Å²) in [6, 6.07) is 20.4. The van der Waals surface area contributed by atoms with Crippen molar-refractivity contribution in [2.45, 2.75) is 24.3 Å². The maximum atomic E-state index is 13.0. The van der Waals surface area contributed by atoms with Gasteiger partial charge in [-0.25, -0.2) is 13.1 Å². The molecule has 0 spiro atoms. The molecular weight excluding hydrogens is 410 g/mol. The Kier molecular flexibility index (Phi) is 4.79. The quantitative estimate of drug-likeness (QED) is 0.479. The first kappa shape index (κ1) is 19.8. The van der Waals surface area contributed by atoms with E-state index in [4.69, 9.17) is 0 Å². The topological polar surface area (TPSA) is 80.2 Å². The van der Waals surface area contributed by atoms with Crippen LogP contribution in [0.4, 0.5) is 5.69 Å². The summed E-state index contributed by atoms with van der Waals surface area (Å²) < 4.78 is 30.7. The molecule has 6 nitrogen and oxygen atoms in total. The van der Waals surface area contributed by atoms with E-state index in [2.05, 4.69) is 14.6 Å². The molecule has 0 saturated heterocycles. The van der Waals surface area contributed by atoms with Gasteiger partial charge in [0.15, 0.2) is 0 Å². The van der Waals surface area contributed by atoms with Gasteiger partial charge >= 0.3 is 0 Å². The fourth-order valence-corrected chi connectivity index (χ4v) is 4.97. The number of nitrogens with zero attached hydrogens (tertiary/aromatic N) is 1. The van der Waals surface area contributed by atoms with E-state index in [0.29, 0.717) is 5.69 Å². The van der Waals surface area contributed by atoms with Crippen LogP contribution in [0.3, 0.4) is 0 Å². The smallest absolute Gasteiger partial charge is 0.240 e. The normalized spacial score (nSPS) is 14.2. The molecule has 31 heavy (non-hydrogen) atoms. The van der Waals surface area contributed by atoms with Crippen LogP contribution in [0.5, 0.6) is 0 Å². The van der Waals surface area contributed by atoms with E-state index >= 15 is 0 Å². The molecular formula is C24H23N3O3S. The Balaban J connectivity index is 1.38. The van der Waals surface area contributed by atoms with Crippen LogP contribution < -0.4 is 10.0 Å². The third kappa shape index (κ3) is 3.82. The maximum absolute atomic E-state index is 13.0. The SMILES string of the molecule is Cn1c2ccccc2c2cc(S(=O)(=O)NCc3cccc(NC(=O)C4CC4)c3)ccc21. The predicted molar refractivity (Wildman–Crippen MR) is 122 cm³/mol. The van der Waals surface area contributed by atoms with Gasteiger partial charge in [0.05, 0.1) is 4.90 Å². The molecule has 1 aromatic heterocycles. The first-order chi connectivity index (χ1) is 14.9. The highest BCUT2D eigenvalue weighted by atomic mass is 32.2. The number of amides is 1. The minimum absolute atomic E-state index is 0.0288. The van der Waals surface area contributed by atoms with Crippen LogP contribution in [0, 0.1) is 5.92 Å². The standard InChI is InChI=1S/C24H23N3O3S/c1-27-22-8-3-2-7-20(22)21-14-19(11-12-23(21)27)31(29,30)25-15-16-5-4-6-18(13-16)26-24(28)17-9-10-17/h2-8,11-14,17,25H,9-10,15H2,1H3,(H,26,28). The Morgan fingerprint density at radius 2 is 1.74 bits per heavy atom. The van der Waals surface area contributed by atoms with Crippen molar-refractivity contribution >= 4 is 43.4 Å². The molecule has 4 aromatic rings. The molecule has 0 radical (unpaired) electrons. The number of anilines is 1. The van der Waals surface area contributed by atoms with Crippen molar-refractivity contribution in [2.24, 2.45) is 13.0 Å². The van der Waals surface area contributed by atoms with Crippen molar-refractivity contribution < 1.29 is 13.2 Å². The molecule has 1 aliphatic carbocycles. The molecule has 1 amide bonds. The van der Waals surface area contributed by atoms with Gasteiger partial charge in [-0.05, 0) is 54.8 Å². The molecule has 158 valence electrons. The number of nitrogens with one attached hydrogen (secondary N) is 2. The summed E-state index contributed by atoms with van der Waals surface area (Å²) in [6.07, 6.45) is 1.87. The number of para-hydroxylation sites is 1. The van der Waals surface area contributed by atoms with Gasteiger partial charge in [-0.2, -0.15) is 0 Å². The van der Waals surface area contributed by atoms with Crippen LogP contribution in [0.15, 0.2) is 71.6 Å².